The van der Waals surface area contributed by atoms with Crippen LogP contribution in [0.4, 0.5) is 0 Å². The molecule has 0 atom stereocenters. The Hall–Kier alpha value is -0.290. The molecule has 1 amide bonds. The summed E-state index contributed by atoms with van der Waals surface area (Å²) in [6.07, 6.45) is 11.8. The minimum absolute atomic E-state index is 0.0637. The zero-order valence-electron chi connectivity index (χ0n) is 12.6. The van der Waals surface area contributed by atoms with Gasteiger partial charge in [-0.2, -0.15) is 11.8 Å². The summed E-state index contributed by atoms with van der Waals surface area (Å²) in [6.45, 7) is 0.752. The van der Waals surface area contributed by atoms with Crippen LogP contribution in [0.3, 0.4) is 0 Å². The molecule has 1 rings (SSSR count). The summed E-state index contributed by atoms with van der Waals surface area (Å²) in [4.78, 5) is 12.8. The van der Waals surface area contributed by atoms with Gasteiger partial charge in [-0.1, -0.05) is 44.3 Å². The average molecular weight is 317 g/mol. The molecule has 1 fully saturated rings. The summed E-state index contributed by atoms with van der Waals surface area (Å²) in [5.41, 5.74) is 5.29. The molecule has 116 valence electrons. The largest absolute Gasteiger partial charge is 0.392 e. The third kappa shape index (κ3) is 5.24. The van der Waals surface area contributed by atoms with Crippen LogP contribution in [0, 0.1) is 5.41 Å². The number of hydrogen-bond donors (Lipinski definition) is 2. The number of thiocarbonyl (C=S) groups is 1. The molecule has 0 aromatic rings. The van der Waals surface area contributed by atoms with E-state index in [4.69, 9.17) is 18.0 Å². The third-order valence-electron chi connectivity index (χ3n) is 4.17. The molecule has 0 bridgehead atoms. The molecule has 1 saturated carbocycles. The average Bonchev–Trinajstić information content (AvgIpc) is 2.46. The normalized spacial score (nSPS) is 17.6. The molecular weight excluding hydrogens is 288 g/mol. The summed E-state index contributed by atoms with van der Waals surface area (Å²) >= 11 is 7.06. The topological polar surface area (TPSA) is 55.1 Å². The molecule has 1 aliphatic carbocycles. The fourth-order valence-electron chi connectivity index (χ4n) is 2.84. The first kappa shape index (κ1) is 17.8. The maximum absolute atomic E-state index is 12.4. The van der Waals surface area contributed by atoms with Crippen LogP contribution < -0.4 is 11.1 Å². The zero-order valence-corrected chi connectivity index (χ0v) is 14.2. The summed E-state index contributed by atoms with van der Waals surface area (Å²) in [5.74, 6) is 1.30. The Bertz CT molecular complexity index is 315. The van der Waals surface area contributed by atoms with E-state index in [9.17, 15) is 4.79 Å². The summed E-state index contributed by atoms with van der Waals surface area (Å²) in [6, 6.07) is 0. The predicted molar refractivity (Wildman–Crippen MR) is 92.2 cm³/mol. The first-order valence-electron chi connectivity index (χ1n) is 7.70. The maximum atomic E-state index is 12.4. The van der Waals surface area contributed by atoms with E-state index in [1.807, 2.05) is 11.8 Å². The smallest absolute Gasteiger partial charge is 0.233 e. The number of amides is 1. The van der Waals surface area contributed by atoms with E-state index in [1.165, 1.54) is 31.4 Å². The van der Waals surface area contributed by atoms with Gasteiger partial charge in [0.1, 0.15) is 0 Å². The first-order chi connectivity index (χ1) is 9.63. The SMILES string of the molecule is CSCCCCCCNC(=O)C1(C(N)=S)CCCCC1. The Kier molecular flexibility index (Phi) is 8.53. The second-order valence-corrected chi connectivity index (χ2v) is 7.10. The number of unbranched alkanes of at least 4 members (excludes halogenated alkanes) is 3. The fraction of sp³-hybridized carbons (Fsp3) is 0.867. The molecule has 20 heavy (non-hydrogen) atoms. The highest BCUT2D eigenvalue weighted by Crippen LogP contribution is 2.36. The highest BCUT2D eigenvalue weighted by molar-refractivity contribution is 7.98. The van der Waals surface area contributed by atoms with Crippen molar-refractivity contribution in [3.63, 3.8) is 0 Å². The molecular formula is C15H28N2OS2. The minimum atomic E-state index is -0.563. The standard InChI is InChI=1S/C15H28N2OS2/c1-20-12-8-3-2-7-11-17-14(18)15(13(16)19)9-5-4-6-10-15/h2-12H2,1H3,(H2,16,19)(H,17,18). The lowest BCUT2D eigenvalue weighted by Gasteiger charge is -2.34. The third-order valence-corrected chi connectivity index (χ3v) is 5.26. The van der Waals surface area contributed by atoms with Crippen LogP contribution in [0.25, 0.3) is 0 Å². The van der Waals surface area contributed by atoms with E-state index in [-0.39, 0.29) is 5.91 Å². The van der Waals surface area contributed by atoms with E-state index in [0.717, 1.165) is 38.6 Å². The van der Waals surface area contributed by atoms with E-state index in [0.29, 0.717) is 4.99 Å². The molecule has 3 nitrogen and oxygen atoms in total. The van der Waals surface area contributed by atoms with Gasteiger partial charge in [0, 0.05) is 6.54 Å². The first-order valence-corrected chi connectivity index (χ1v) is 9.51. The molecule has 0 radical (unpaired) electrons. The Morgan fingerprint density at radius 1 is 1.20 bits per heavy atom. The number of carbonyl (C=O) groups excluding carboxylic acids is 1. The second-order valence-electron chi connectivity index (χ2n) is 5.67. The van der Waals surface area contributed by atoms with Crippen molar-refractivity contribution >= 4 is 34.9 Å². The lowest BCUT2D eigenvalue weighted by Crippen LogP contribution is -2.50. The molecule has 0 heterocycles. The zero-order chi connectivity index (χ0) is 14.8. The summed E-state index contributed by atoms with van der Waals surface area (Å²) < 4.78 is 0. The summed E-state index contributed by atoms with van der Waals surface area (Å²) in [5, 5.41) is 3.05. The van der Waals surface area contributed by atoms with Crippen molar-refractivity contribution in [2.45, 2.75) is 57.8 Å². The molecule has 0 aliphatic heterocycles. The lowest BCUT2D eigenvalue weighted by atomic mass is 9.73. The van der Waals surface area contributed by atoms with Crippen LogP contribution >= 0.6 is 24.0 Å². The van der Waals surface area contributed by atoms with Gasteiger partial charge in [0.15, 0.2) is 0 Å². The molecule has 0 aromatic heterocycles. The van der Waals surface area contributed by atoms with Gasteiger partial charge in [-0.15, -0.1) is 0 Å². The number of thioether (sulfide) groups is 1. The lowest BCUT2D eigenvalue weighted by molar-refractivity contribution is -0.128. The van der Waals surface area contributed by atoms with Crippen molar-refractivity contribution < 1.29 is 4.79 Å². The van der Waals surface area contributed by atoms with Crippen LogP contribution in [0.15, 0.2) is 0 Å². The predicted octanol–water partition coefficient (Wildman–Crippen LogP) is 3.26. The Labute approximate surface area is 132 Å². The molecule has 0 unspecified atom stereocenters. The van der Waals surface area contributed by atoms with Gasteiger partial charge in [-0.3, -0.25) is 4.79 Å². The van der Waals surface area contributed by atoms with Gasteiger partial charge in [0.05, 0.1) is 10.4 Å². The van der Waals surface area contributed by atoms with Crippen molar-refractivity contribution in [2.75, 3.05) is 18.6 Å². The van der Waals surface area contributed by atoms with E-state index >= 15 is 0 Å². The number of nitrogens with two attached hydrogens (primary N) is 1. The van der Waals surface area contributed by atoms with E-state index in [1.54, 1.807) is 0 Å². The Morgan fingerprint density at radius 2 is 1.85 bits per heavy atom. The maximum Gasteiger partial charge on any atom is 0.233 e. The van der Waals surface area contributed by atoms with Gasteiger partial charge in [0.2, 0.25) is 5.91 Å². The highest BCUT2D eigenvalue weighted by Gasteiger charge is 2.41. The highest BCUT2D eigenvalue weighted by atomic mass is 32.2. The molecule has 0 aromatic carbocycles. The van der Waals surface area contributed by atoms with Crippen LogP contribution in [-0.4, -0.2) is 29.4 Å². The molecule has 0 saturated heterocycles. The van der Waals surface area contributed by atoms with Gasteiger partial charge in [-0.05, 0) is 37.7 Å². The molecule has 5 heteroatoms. The van der Waals surface area contributed by atoms with Gasteiger partial charge < -0.3 is 11.1 Å². The van der Waals surface area contributed by atoms with Crippen LogP contribution in [0.5, 0.6) is 0 Å². The number of hydrogen-bond acceptors (Lipinski definition) is 3. The van der Waals surface area contributed by atoms with E-state index in [2.05, 4.69) is 11.6 Å². The molecule has 1 aliphatic rings. The van der Waals surface area contributed by atoms with E-state index < -0.39 is 5.41 Å². The van der Waals surface area contributed by atoms with Crippen LogP contribution in [-0.2, 0) is 4.79 Å². The molecule has 0 spiro atoms. The van der Waals surface area contributed by atoms with Crippen molar-refractivity contribution in [2.24, 2.45) is 11.1 Å². The van der Waals surface area contributed by atoms with Crippen molar-refractivity contribution in [1.29, 1.82) is 0 Å². The van der Waals surface area contributed by atoms with Gasteiger partial charge in [-0.25, -0.2) is 0 Å². The van der Waals surface area contributed by atoms with Crippen LogP contribution in [0.2, 0.25) is 0 Å². The fourth-order valence-corrected chi connectivity index (χ4v) is 3.63. The van der Waals surface area contributed by atoms with Gasteiger partial charge >= 0.3 is 0 Å². The monoisotopic (exact) mass is 316 g/mol. The van der Waals surface area contributed by atoms with Gasteiger partial charge in [0.25, 0.3) is 0 Å². The summed E-state index contributed by atoms with van der Waals surface area (Å²) in [7, 11) is 0. The minimum Gasteiger partial charge on any atom is -0.392 e. The van der Waals surface area contributed by atoms with Crippen molar-refractivity contribution in [3.8, 4) is 0 Å². The Morgan fingerprint density at radius 3 is 2.45 bits per heavy atom. The molecule has 3 N–H and O–H groups in total. The number of rotatable bonds is 9. The van der Waals surface area contributed by atoms with Crippen molar-refractivity contribution in [1.82, 2.24) is 5.32 Å². The van der Waals surface area contributed by atoms with Crippen molar-refractivity contribution in [3.05, 3.63) is 0 Å². The Balaban J connectivity index is 2.27. The second kappa shape index (κ2) is 9.61. The number of carbonyl (C=O) groups is 1. The quantitative estimate of drug-likeness (QED) is 0.506. The number of nitrogens with one attached hydrogen (secondary N) is 1. The van der Waals surface area contributed by atoms with Crippen LogP contribution in [0.1, 0.15) is 57.8 Å².